The first kappa shape index (κ1) is 15.3. The van der Waals surface area contributed by atoms with E-state index < -0.39 is 0 Å². The largest absolute Gasteiger partial charge is 0.507 e. The molecule has 0 aliphatic carbocycles. The van der Waals surface area contributed by atoms with Crippen LogP contribution in [0, 0.1) is 0 Å². The Labute approximate surface area is 146 Å². The number of hydrogen-bond donors (Lipinski definition) is 1. The van der Waals surface area contributed by atoms with Gasteiger partial charge in [-0.15, -0.1) is 0 Å². The summed E-state index contributed by atoms with van der Waals surface area (Å²) in [4.78, 5) is 4.74. The van der Waals surface area contributed by atoms with Gasteiger partial charge in [0, 0.05) is 11.8 Å². The number of aliphatic imine (C=N–C) groups is 1. The van der Waals surface area contributed by atoms with Gasteiger partial charge in [0.15, 0.2) is 11.5 Å². The zero-order valence-electron chi connectivity index (χ0n) is 13.5. The van der Waals surface area contributed by atoms with Gasteiger partial charge in [0.2, 0.25) is 6.79 Å². The van der Waals surface area contributed by atoms with E-state index in [-0.39, 0.29) is 18.6 Å². The standard InChI is InChI=1S/C21H17NO3/c23-18-9-5-4-8-17(18)13-22-21(15-6-2-1-3-7-15)16-10-11-19-20(12-16)25-14-24-19/h1-13,21,23H,14H2/t21-/m0/s1. The second-order valence-electron chi connectivity index (χ2n) is 5.76. The van der Waals surface area contributed by atoms with Crippen LogP contribution >= 0.6 is 0 Å². The van der Waals surface area contributed by atoms with Crippen LogP contribution in [0.4, 0.5) is 0 Å². The lowest BCUT2D eigenvalue weighted by Gasteiger charge is -2.14. The Kier molecular flexibility index (Phi) is 4.09. The number of benzene rings is 3. The molecule has 124 valence electrons. The van der Waals surface area contributed by atoms with Gasteiger partial charge < -0.3 is 14.6 Å². The van der Waals surface area contributed by atoms with Crippen LogP contribution in [-0.4, -0.2) is 18.1 Å². The number of fused-ring (bicyclic) bond motifs is 1. The number of ether oxygens (including phenoxy) is 2. The van der Waals surface area contributed by atoms with Crippen LogP contribution in [0.5, 0.6) is 17.2 Å². The van der Waals surface area contributed by atoms with E-state index in [1.54, 1.807) is 18.3 Å². The van der Waals surface area contributed by atoms with Gasteiger partial charge in [-0.3, -0.25) is 4.99 Å². The quantitative estimate of drug-likeness (QED) is 0.724. The summed E-state index contributed by atoms with van der Waals surface area (Å²) in [5, 5.41) is 9.96. The predicted octanol–water partition coefficient (Wildman–Crippen LogP) is 4.33. The summed E-state index contributed by atoms with van der Waals surface area (Å²) < 4.78 is 10.9. The van der Waals surface area contributed by atoms with Crippen molar-refractivity contribution in [2.24, 2.45) is 4.99 Å². The Morgan fingerprint density at radius 2 is 1.60 bits per heavy atom. The SMILES string of the molecule is Oc1ccccc1C=N[C@@H](c1ccccc1)c1ccc2c(c1)OCO2. The van der Waals surface area contributed by atoms with Gasteiger partial charge in [-0.25, -0.2) is 0 Å². The minimum atomic E-state index is -0.199. The van der Waals surface area contributed by atoms with Crippen molar-refractivity contribution in [3.8, 4) is 17.2 Å². The monoisotopic (exact) mass is 331 g/mol. The van der Waals surface area contributed by atoms with Crippen molar-refractivity contribution in [1.29, 1.82) is 0 Å². The molecule has 0 fully saturated rings. The summed E-state index contributed by atoms with van der Waals surface area (Å²) in [6, 6.07) is 22.9. The van der Waals surface area contributed by atoms with Gasteiger partial charge >= 0.3 is 0 Å². The van der Waals surface area contributed by atoms with Crippen LogP contribution in [-0.2, 0) is 0 Å². The molecule has 0 saturated carbocycles. The summed E-state index contributed by atoms with van der Waals surface area (Å²) in [6.45, 7) is 0.246. The molecule has 25 heavy (non-hydrogen) atoms. The maximum Gasteiger partial charge on any atom is 0.231 e. The average molecular weight is 331 g/mol. The predicted molar refractivity (Wildman–Crippen MR) is 96.6 cm³/mol. The number of nitrogens with zero attached hydrogens (tertiary/aromatic N) is 1. The highest BCUT2D eigenvalue weighted by molar-refractivity contribution is 5.83. The normalized spacial score (nSPS) is 13.9. The zero-order chi connectivity index (χ0) is 17.1. The molecule has 1 heterocycles. The van der Waals surface area contributed by atoms with E-state index in [9.17, 15) is 5.11 Å². The van der Waals surface area contributed by atoms with Gasteiger partial charge in [0.25, 0.3) is 0 Å². The van der Waals surface area contributed by atoms with Crippen LogP contribution in [0.15, 0.2) is 77.8 Å². The summed E-state index contributed by atoms with van der Waals surface area (Å²) >= 11 is 0. The summed E-state index contributed by atoms with van der Waals surface area (Å²) in [5.74, 6) is 1.69. The van der Waals surface area contributed by atoms with Crippen molar-refractivity contribution in [3.05, 3.63) is 89.5 Å². The van der Waals surface area contributed by atoms with Crippen molar-refractivity contribution < 1.29 is 14.6 Å². The first-order chi connectivity index (χ1) is 12.3. The summed E-state index contributed by atoms with van der Waals surface area (Å²) in [5.41, 5.74) is 2.75. The second kappa shape index (κ2) is 6.69. The summed E-state index contributed by atoms with van der Waals surface area (Å²) in [7, 11) is 0. The first-order valence-electron chi connectivity index (χ1n) is 8.07. The Morgan fingerprint density at radius 1 is 0.840 bits per heavy atom. The number of phenols is 1. The van der Waals surface area contributed by atoms with E-state index in [1.807, 2.05) is 60.7 Å². The van der Waals surface area contributed by atoms with Gasteiger partial charge in [-0.2, -0.15) is 0 Å². The molecule has 1 aliphatic heterocycles. The molecule has 3 aromatic rings. The van der Waals surface area contributed by atoms with Gasteiger partial charge in [-0.1, -0.05) is 48.5 Å². The van der Waals surface area contributed by atoms with Gasteiger partial charge in [0.05, 0.1) is 0 Å². The Balaban J connectivity index is 1.74. The Morgan fingerprint density at radius 3 is 2.44 bits per heavy atom. The second-order valence-corrected chi connectivity index (χ2v) is 5.76. The van der Waals surface area contributed by atoms with E-state index in [2.05, 4.69) is 0 Å². The third kappa shape index (κ3) is 3.19. The minimum Gasteiger partial charge on any atom is -0.507 e. The van der Waals surface area contributed by atoms with E-state index in [4.69, 9.17) is 14.5 Å². The van der Waals surface area contributed by atoms with E-state index in [0.717, 1.165) is 22.6 Å². The van der Waals surface area contributed by atoms with Crippen molar-refractivity contribution in [1.82, 2.24) is 0 Å². The smallest absolute Gasteiger partial charge is 0.231 e. The highest BCUT2D eigenvalue weighted by Gasteiger charge is 2.18. The average Bonchev–Trinajstić information content (AvgIpc) is 3.12. The minimum absolute atomic E-state index is 0.199. The first-order valence-corrected chi connectivity index (χ1v) is 8.07. The van der Waals surface area contributed by atoms with Gasteiger partial charge in [-0.05, 0) is 35.4 Å². The zero-order valence-corrected chi connectivity index (χ0v) is 13.5. The highest BCUT2D eigenvalue weighted by Crippen LogP contribution is 2.37. The van der Waals surface area contributed by atoms with Crippen molar-refractivity contribution in [2.75, 3.05) is 6.79 Å². The Bertz CT molecular complexity index is 906. The molecule has 0 amide bonds. The van der Waals surface area contributed by atoms with Crippen LogP contribution < -0.4 is 9.47 Å². The maximum absolute atomic E-state index is 9.96. The van der Waals surface area contributed by atoms with Crippen LogP contribution in [0.1, 0.15) is 22.7 Å². The number of rotatable bonds is 4. The molecular formula is C21H17NO3. The molecular weight excluding hydrogens is 314 g/mol. The lowest BCUT2D eigenvalue weighted by molar-refractivity contribution is 0.174. The highest BCUT2D eigenvalue weighted by atomic mass is 16.7. The van der Waals surface area contributed by atoms with Crippen LogP contribution in [0.2, 0.25) is 0 Å². The molecule has 4 rings (SSSR count). The molecule has 1 aliphatic rings. The number of para-hydroxylation sites is 1. The Hall–Kier alpha value is -3.27. The van der Waals surface area contributed by atoms with E-state index >= 15 is 0 Å². The molecule has 3 aromatic carbocycles. The maximum atomic E-state index is 9.96. The molecule has 0 spiro atoms. The molecule has 4 nitrogen and oxygen atoms in total. The summed E-state index contributed by atoms with van der Waals surface area (Å²) in [6.07, 6.45) is 1.71. The number of aromatic hydroxyl groups is 1. The third-order valence-corrected chi connectivity index (χ3v) is 4.13. The fourth-order valence-electron chi connectivity index (χ4n) is 2.83. The fraction of sp³-hybridized carbons (Fsp3) is 0.0952. The van der Waals surface area contributed by atoms with Crippen LogP contribution in [0.25, 0.3) is 0 Å². The van der Waals surface area contributed by atoms with Gasteiger partial charge in [0.1, 0.15) is 11.8 Å². The molecule has 1 N–H and O–H groups in total. The molecule has 0 radical (unpaired) electrons. The molecule has 0 saturated heterocycles. The van der Waals surface area contributed by atoms with E-state index in [0.29, 0.717) is 5.56 Å². The van der Waals surface area contributed by atoms with Crippen molar-refractivity contribution in [2.45, 2.75) is 6.04 Å². The fourth-order valence-corrected chi connectivity index (χ4v) is 2.83. The van der Waals surface area contributed by atoms with Crippen molar-refractivity contribution in [3.63, 3.8) is 0 Å². The molecule has 0 aromatic heterocycles. The lowest BCUT2D eigenvalue weighted by atomic mass is 9.99. The van der Waals surface area contributed by atoms with Crippen molar-refractivity contribution >= 4 is 6.21 Å². The number of hydrogen-bond acceptors (Lipinski definition) is 4. The topological polar surface area (TPSA) is 51.1 Å². The van der Waals surface area contributed by atoms with Crippen LogP contribution in [0.3, 0.4) is 0 Å². The van der Waals surface area contributed by atoms with E-state index in [1.165, 1.54) is 0 Å². The number of phenolic OH excluding ortho intramolecular Hbond substituents is 1. The lowest BCUT2D eigenvalue weighted by Crippen LogP contribution is -1.99. The molecule has 1 atom stereocenters. The third-order valence-electron chi connectivity index (χ3n) is 4.13. The molecule has 0 bridgehead atoms. The molecule has 4 heteroatoms. The molecule has 0 unspecified atom stereocenters.